The molecule has 3 rings (SSSR count). The molecule has 0 amide bonds. The molecule has 3 nitrogen and oxygen atoms in total. The molecule has 1 aliphatic rings. The van der Waals surface area contributed by atoms with Gasteiger partial charge in [0.25, 0.3) is 0 Å². The topological polar surface area (TPSA) is 44.3 Å². The summed E-state index contributed by atoms with van der Waals surface area (Å²) in [5, 5.41) is 17.2. The fraction of sp³-hybridized carbons (Fsp3) is 0.455. The summed E-state index contributed by atoms with van der Waals surface area (Å²) >= 11 is 0. The molecule has 0 saturated carbocycles. The van der Waals surface area contributed by atoms with Gasteiger partial charge >= 0.3 is 0 Å². The molecular weight excluding hydrogens is 346 g/mol. The van der Waals surface area contributed by atoms with Gasteiger partial charge in [0, 0.05) is 24.7 Å². The monoisotopic (exact) mass is 374 g/mol. The molecule has 3 N–H and O–H groups in total. The van der Waals surface area contributed by atoms with Crippen LogP contribution in [0, 0.1) is 11.6 Å². The van der Waals surface area contributed by atoms with Gasteiger partial charge in [-0.3, -0.25) is 0 Å². The molecule has 0 saturated heterocycles. The average molecular weight is 374 g/mol. The highest BCUT2D eigenvalue weighted by atomic mass is 19.1. The van der Waals surface area contributed by atoms with Crippen LogP contribution >= 0.6 is 0 Å². The first-order valence-electron chi connectivity index (χ1n) is 9.68. The molecule has 0 bridgehead atoms. The number of hydrogen-bond donors (Lipinski definition) is 3. The Balaban J connectivity index is 1.62. The fourth-order valence-corrected chi connectivity index (χ4v) is 3.95. The number of likely N-dealkylation sites (N-methyl/N-ethyl adjacent to an activating group) is 1. The summed E-state index contributed by atoms with van der Waals surface area (Å²) in [4.78, 5) is 0. The third kappa shape index (κ3) is 5.34. The number of aliphatic hydroxyl groups excluding tert-OH is 1. The van der Waals surface area contributed by atoms with Crippen LogP contribution in [-0.4, -0.2) is 30.8 Å². The molecule has 0 radical (unpaired) electrons. The number of nitrogens with one attached hydrogen (secondary N) is 2. The molecule has 0 spiro atoms. The van der Waals surface area contributed by atoms with E-state index in [1.54, 1.807) is 7.05 Å². The standard InChI is InChI=1S/C22H28F2N2O/c1-25-21(12-15-10-17(23)13-18(24)11-15)22(27)14-26-20-9-5-3-7-16-6-2-4-8-19(16)20/h2,4,6,8,10-11,13,20-22,25-27H,3,5,7,9,12,14H2,1H3. The lowest BCUT2D eigenvalue weighted by atomic mass is 9.97. The van der Waals surface area contributed by atoms with E-state index in [9.17, 15) is 13.9 Å². The minimum atomic E-state index is -0.670. The third-order valence-corrected chi connectivity index (χ3v) is 5.41. The number of fused-ring (bicyclic) bond motifs is 1. The van der Waals surface area contributed by atoms with Gasteiger partial charge < -0.3 is 15.7 Å². The first-order chi connectivity index (χ1) is 13.1. The van der Waals surface area contributed by atoms with Gasteiger partial charge in [-0.05, 0) is 61.6 Å². The second kappa shape index (κ2) is 9.40. The zero-order valence-corrected chi connectivity index (χ0v) is 15.7. The van der Waals surface area contributed by atoms with Crippen LogP contribution in [0.4, 0.5) is 8.78 Å². The van der Waals surface area contributed by atoms with Crippen molar-refractivity contribution >= 4 is 0 Å². The van der Waals surface area contributed by atoms with E-state index in [0.29, 0.717) is 18.5 Å². The summed E-state index contributed by atoms with van der Waals surface area (Å²) in [6.07, 6.45) is 4.17. The van der Waals surface area contributed by atoms with Crippen LogP contribution in [0.2, 0.25) is 0 Å². The van der Waals surface area contributed by atoms with Crippen LogP contribution < -0.4 is 10.6 Å². The number of hydrogen-bond acceptors (Lipinski definition) is 3. The van der Waals surface area contributed by atoms with Crippen molar-refractivity contribution in [3.8, 4) is 0 Å². The second-order valence-electron chi connectivity index (χ2n) is 7.35. The van der Waals surface area contributed by atoms with Crippen LogP contribution in [0.25, 0.3) is 0 Å². The highest BCUT2D eigenvalue weighted by Crippen LogP contribution is 2.28. The maximum Gasteiger partial charge on any atom is 0.126 e. The molecular formula is C22H28F2N2O. The summed E-state index contributed by atoms with van der Waals surface area (Å²) in [5.74, 6) is -1.19. The molecule has 2 aromatic carbocycles. The van der Waals surface area contributed by atoms with Crippen LogP contribution in [0.5, 0.6) is 0 Å². The minimum absolute atomic E-state index is 0.225. The molecule has 27 heavy (non-hydrogen) atoms. The Morgan fingerprint density at radius 1 is 1.11 bits per heavy atom. The van der Waals surface area contributed by atoms with Crippen molar-refractivity contribution in [3.63, 3.8) is 0 Å². The number of aliphatic hydroxyl groups is 1. The van der Waals surface area contributed by atoms with Crippen molar-refractivity contribution in [2.24, 2.45) is 0 Å². The summed E-state index contributed by atoms with van der Waals surface area (Å²) in [7, 11) is 1.75. The van der Waals surface area contributed by atoms with Crippen LogP contribution in [0.1, 0.15) is 42.0 Å². The average Bonchev–Trinajstić information content (AvgIpc) is 2.85. The summed E-state index contributed by atoms with van der Waals surface area (Å²) in [5.41, 5.74) is 3.23. The van der Waals surface area contributed by atoms with E-state index in [-0.39, 0.29) is 12.1 Å². The lowest BCUT2D eigenvalue weighted by Crippen LogP contribution is -2.45. The molecule has 2 aromatic rings. The van der Waals surface area contributed by atoms with Crippen LogP contribution in [0.3, 0.4) is 0 Å². The second-order valence-corrected chi connectivity index (χ2v) is 7.35. The highest BCUT2D eigenvalue weighted by molar-refractivity contribution is 5.31. The lowest BCUT2D eigenvalue weighted by molar-refractivity contribution is 0.124. The van der Waals surface area contributed by atoms with E-state index in [0.717, 1.165) is 25.3 Å². The van der Waals surface area contributed by atoms with Gasteiger partial charge in [-0.25, -0.2) is 8.78 Å². The predicted octanol–water partition coefficient (Wildman–Crippen LogP) is 3.51. The quantitative estimate of drug-likeness (QED) is 0.650. The van der Waals surface area contributed by atoms with Crippen molar-refractivity contribution in [1.29, 1.82) is 0 Å². The zero-order valence-electron chi connectivity index (χ0n) is 15.7. The molecule has 5 heteroatoms. The van der Waals surface area contributed by atoms with Gasteiger partial charge in [0.1, 0.15) is 11.6 Å². The van der Waals surface area contributed by atoms with E-state index >= 15 is 0 Å². The Hall–Kier alpha value is -1.82. The zero-order chi connectivity index (χ0) is 19.2. The molecule has 0 heterocycles. The Bertz CT molecular complexity index is 733. The number of halogens is 2. The maximum atomic E-state index is 13.4. The predicted molar refractivity (Wildman–Crippen MR) is 104 cm³/mol. The van der Waals surface area contributed by atoms with E-state index in [1.807, 2.05) is 0 Å². The Labute approximate surface area is 159 Å². The smallest absolute Gasteiger partial charge is 0.126 e. The highest BCUT2D eigenvalue weighted by Gasteiger charge is 2.22. The third-order valence-electron chi connectivity index (χ3n) is 5.41. The van der Waals surface area contributed by atoms with Crippen molar-refractivity contribution in [3.05, 3.63) is 70.8 Å². The molecule has 146 valence electrons. The molecule has 0 fully saturated rings. The molecule has 3 atom stereocenters. The first-order valence-corrected chi connectivity index (χ1v) is 9.68. The van der Waals surface area contributed by atoms with E-state index in [4.69, 9.17) is 0 Å². The first kappa shape index (κ1) is 19.9. The Morgan fingerprint density at radius 3 is 2.59 bits per heavy atom. The van der Waals surface area contributed by atoms with Gasteiger partial charge in [0.15, 0.2) is 0 Å². The summed E-state index contributed by atoms with van der Waals surface area (Å²) in [6.45, 7) is 0.419. The number of benzene rings is 2. The largest absolute Gasteiger partial charge is 0.390 e. The Kier molecular flexibility index (Phi) is 6.94. The molecule has 0 aromatic heterocycles. The molecule has 0 aliphatic heterocycles. The maximum absolute atomic E-state index is 13.4. The number of rotatable bonds is 7. The van der Waals surface area contributed by atoms with Crippen molar-refractivity contribution in [2.45, 2.75) is 50.3 Å². The summed E-state index contributed by atoms with van der Waals surface area (Å²) in [6, 6.07) is 11.9. The van der Waals surface area contributed by atoms with Gasteiger partial charge in [-0.2, -0.15) is 0 Å². The molecule has 3 unspecified atom stereocenters. The van der Waals surface area contributed by atoms with E-state index in [1.165, 1.54) is 29.7 Å². The number of aryl methyl sites for hydroxylation is 1. The van der Waals surface area contributed by atoms with E-state index < -0.39 is 17.7 Å². The van der Waals surface area contributed by atoms with Crippen molar-refractivity contribution in [1.82, 2.24) is 10.6 Å². The van der Waals surface area contributed by atoms with Crippen LogP contribution in [0.15, 0.2) is 42.5 Å². The normalized spacial score (nSPS) is 19.2. The van der Waals surface area contributed by atoms with Crippen LogP contribution in [-0.2, 0) is 12.8 Å². The summed E-state index contributed by atoms with van der Waals surface area (Å²) < 4.78 is 26.8. The van der Waals surface area contributed by atoms with Gasteiger partial charge in [0.05, 0.1) is 6.10 Å². The van der Waals surface area contributed by atoms with Gasteiger partial charge in [-0.15, -0.1) is 0 Å². The van der Waals surface area contributed by atoms with Gasteiger partial charge in [-0.1, -0.05) is 30.7 Å². The fourth-order valence-electron chi connectivity index (χ4n) is 3.95. The Morgan fingerprint density at radius 2 is 1.85 bits per heavy atom. The van der Waals surface area contributed by atoms with Crippen molar-refractivity contribution in [2.75, 3.05) is 13.6 Å². The molecule has 1 aliphatic carbocycles. The van der Waals surface area contributed by atoms with Gasteiger partial charge in [0.2, 0.25) is 0 Å². The SMILES string of the molecule is CNC(Cc1cc(F)cc(F)c1)C(O)CNC1CCCCc2ccccc21. The lowest BCUT2D eigenvalue weighted by Gasteiger charge is -2.26. The van der Waals surface area contributed by atoms with Crippen molar-refractivity contribution < 1.29 is 13.9 Å². The van der Waals surface area contributed by atoms with E-state index in [2.05, 4.69) is 34.9 Å². The minimum Gasteiger partial charge on any atom is -0.390 e.